The summed E-state index contributed by atoms with van der Waals surface area (Å²) in [5.41, 5.74) is 0.637. The van der Waals surface area contributed by atoms with Crippen LogP contribution in [0.1, 0.15) is 12.7 Å². The van der Waals surface area contributed by atoms with Crippen LogP contribution in [-0.4, -0.2) is 53.7 Å². The fraction of sp³-hybridized carbons (Fsp3) is 0.389. The lowest BCUT2D eigenvalue weighted by Crippen LogP contribution is -2.49. The molecule has 1 amide bonds. The normalized spacial score (nSPS) is 14.2. The van der Waals surface area contributed by atoms with Gasteiger partial charge in [0.1, 0.15) is 23.3 Å². The van der Waals surface area contributed by atoms with Crippen molar-refractivity contribution >= 4 is 35.0 Å². The smallest absolute Gasteiger partial charge is 0.409 e. The molecule has 144 valence electrons. The van der Waals surface area contributed by atoms with Crippen LogP contribution in [0.4, 0.5) is 26.5 Å². The average molecular weight is 394 g/mol. The summed E-state index contributed by atoms with van der Waals surface area (Å²) in [6, 6.07) is 6.22. The molecule has 0 spiro atoms. The van der Waals surface area contributed by atoms with Gasteiger partial charge in [0.05, 0.1) is 11.6 Å². The van der Waals surface area contributed by atoms with Crippen molar-refractivity contribution in [3.63, 3.8) is 0 Å². The first-order chi connectivity index (χ1) is 13.0. The summed E-state index contributed by atoms with van der Waals surface area (Å²) in [5.74, 6) is 1.49. The van der Waals surface area contributed by atoms with Gasteiger partial charge in [0.25, 0.3) is 0 Å². The predicted octanol–water partition coefficient (Wildman–Crippen LogP) is 3.60. The van der Waals surface area contributed by atoms with Crippen molar-refractivity contribution in [2.75, 3.05) is 43.0 Å². The number of hydrogen-bond donors (Lipinski definition) is 1. The molecule has 1 N–H and O–H groups in total. The van der Waals surface area contributed by atoms with Gasteiger partial charge in [-0.3, -0.25) is 0 Å². The third-order valence-corrected chi connectivity index (χ3v) is 4.44. The van der Waals surface area contributed by atoms with Crippen LogP contribution in [-0.2, 0) is 4.74 Å². The number of aryl methyl sites for hydroxylation is 1. The van der Waals surface area contributed by atoms with Gasteiger partial charge < -0.3 is 19.9 Å². The number of piperazine rings is 1. The van der Waals surface area contributed by atoms with E-state index in [2.05, 4.69) is 20.2 Å². The number of hydrogen-bond acceptors (Lipinski definition) is 6. The van der Waals surface area contributed by atoms with Gasteiger partial charge in [0, 0.05) is 37.9 Å². The van der Waals surface area contributed by atoms with Gasteiger partial charge in [-0.05, 0) is 32.0 Å². The second-order valence-electron chi connectivity index (χ2n) is 6.09. The first kappa shape index (κ1) is 19.2. The second-order valence-corrected chi connectivity index (χ2v) is 6.49. The molecule has 0 radical (unpaired) electrons. The Morgan fingerprint density at radius 1 is 1.26 bits per heavy atom. The van der Waals surface area contributed by atoms with Gasteiger partial charge in [-0.1, -0.05) is 11.6 Å². The van der Waals surface area contributed by atoms with Gasteiger partial charge >= 0.3 is 6.09 Å². The fourth-order valence-electron chi connectivity index (χ4n) is 2.83. The minimum atomic E-state index is -0.471. The minimum Gasteiger partial charge on any atom is -0.450 e. The van der Waals surface area contributed by atoms with Crippen molar-refractivity contribution < 1.29 is 13.9 Å². The van der Waals surface area contributed by atoms with Crippen LogP contribution >= 0.6 is 11.6 Å². The van der Waals surface area contributed by atoms with E-state index in [1.807, 2.05) is 6.07 Å². The van der Waals surface area contributed by atoms with Gasteiger partial charge in [0.2, 0.25) is 0 Å². The summed E-state index contributed by atoms with van der Waals surface area (Å²) in [6.07, 6.45) is -0.286. The molecule has 0 unspecified atom stereocenters. The van der Waals surface area contributed by atoms with E-state index in [0.717, 1.165) is 5.82 Å². The Balaban J connectivity index is 1.70. The third kappa shape index (κ3) is 4.77. The number of ether oxygens (including phenoxy) is 1. The van der Waals surface area contributed by atoms with Crippen molar-refractivity contribution in [1.29, 1.82) is 0 Å². The summed E-state index contributed by atoms with van der Waals surface area (Å²) in [6.45, 7) is 6.40. The standard InChI is InChI=1S/C18H21ClFN5O2/c1-3-27-18(26)25-8-6-24(7-9-25)17-11-16(21-12(2)22-17)23-13-4-5-15(20)14(19)10-13/h4-5,10-11H,3,6-9H2,1-2H3,(H,21,22,23). The molecule has 9 heteroatoms. The van der Waals surface area contributed by atoms with E-state index in [1.165, 1.54) is 12.1 Å². The van der Waals surface area contributed by atoms with E-state index < -0.39 is 5.82 Å². The minimum absolute atomic E-state index is 0.0427. The SMILES string of the molecule is CCOC(=O)N1CCN(c2cc(Nc3ccc(F)c(Cl)c3)nc(C)n2)CC1. The number of benzene rings is 1. The molecule has 3 rings (SSSR count). The number of nitrogens with zero attached hydrogens (tertiary/aromatic N) is 4. The molecule has 1 aliphatic heterocycles. The zero-order chi connectivity index (χ0) is 19.4. The van der Waals surface area contributed by atoms with E-state index in [4.69, 9.17) is 16.3 Å². The Hall–Kier alpha value is -2.61. The van der Waals surface area contributed by atoms with Crippen LogP contribution in [0.3, 0.4) is 0 Å². The lowest BCUT2D eigenvalue weighted by atomic mass is 10.3. The lowest BCUT2D eigenvalue weighted by Gasteiger charge is -2.34. The summed E-state index contributed by atoms with van der Waals surface area (Å²) < 4.78 is 18.4. The molecule has 7 nitrogen and oxygen atoms in total. The van der Waals surface area contributed by atoms with E-state index in [0.29, 0.717) is 50.1 Å². The summed E-state index contributed by atoms with van der Waals surface area (Å²) in [7, 11) is 0. The molecule has 0 atom stereocenters. The number of amides is 1. The largest absolute Gasteiger partial charge is 0.450 e. The van der Waals surface area contributed by atoms with Gasteiger partial charge in [-0.25, -0.2) is 19.2 Å². The molecule has 0 aliphatic carbocycles. The molecule has 0 saturated carbocycles. The quantitative estimate of drug-likeness (QED) is 0.855. The van der Waals surface area contributed by atoms with Crippen molar-refractivity contribution in [1.82, 2.24) is 14.9 Å². The van der Waals surface area contributed by atoms with Gasteiger partial charge in [-0.2, -0.15) is 0 Å². The summed E-state index contributed by atoms with van der Waals surface area (Å²) in [4.78, 5) is 24.5. The molecule has 27 heavy (non-hydrogen) atoms. The third-order valence-electron chi connectivity index (χ3n) is 4.15. The van der Waals surface area contributed by atoms with Crippen LogP contribution in [0.5, 0.6) is 0 Å². The molecule has 1 fully saturated rings. The highest BCUT2D eigenvalue weighted by Gasteiger charge is 2.23. The highest BCUT2D eigenvalue weighted by atomic mass is 35.5. The summed E-state index contributed by atoms with van der Waals surface area (Å²) in [5, 5.41) is 3.17. The fourth-order valence-corrected chi connectivity index (χ4v) is 3.01. The molecular weight excluding hydrogens is 373 g/mol. The maximum atomic E-state index is 13.3. The van der Waals surface area contributed by atoms with Crippen LogP contribution in [0.2, 0.25) is 5.02 Å². The van der Waals surface area contributed by atoms with Gasteiger partial charge in [0.15, 0.2) is 0 Å². The highest BCUT2D eigenvalue weighted by molar-refractivity contribution is 6.31. The van der Waals surface area contributed by atoms with Crippen molar-refractivity contribution in [3.05, 3.63) is 40.9 Å². The molecular formula is C18H21ClFN5O2. The van der Waals surface area contributed by atoms with Crippen LogP contribution in [0, 0.1) is 12.7 Å². The topological polar surface area (TPSA) is 70.6 Å². The molecule has 1 aromatic heterocycles. The number of carbonyl (C=O) groups is 1. The van der Waals surface area contributed by atoms with Crippen LogP contribution in [0.15, 0.2) is 24.3 Å². The number of rotatable bonds is 4. The van der Waals surface area contributed by atoms with Gasteiger partial charge in [-0.15, -0.1) is 0 Å². The number of halogens is 2. The Kier molecular flexibility index (Phi) is 5.95. The molecule has 0 bridgehead atoms. The second kappa shape index (κ2) is 8.39. The first-order valence-electron chi connectivity index (χ1n) is 8.70. The molecule has 1 saturated heterocycles. The molecule has 2 heterocycles. The maximum Gasteiger partial charge on any atom is 0.409 e. The Bertz CT molecular complexity index is 827. The molecule has 2 aromatic rings. The molecule has 1 aromatic carbocycles. The van der Waals surface area contributed by atoms with E-state index in [1.54, 1.807) is 24.8 Å². The predicted molar refractivity (Wildman–Crippen MR) is 102 cm³/mol. The highest BCUT2D eigenvalue weighted by Crippen LogP contribution is 2.24. The number of anilines is 3. The first-order valence-corrected chi connectivity index (χ1v) is 9.08. The van der Waals surface area contributed by atoms with E-state index in [-0.39, 0.29) is 11.1 Å². The van der Waals surface area contributed by atoms with Crippen LogP contribution < -0.4 is 10.2 Å². The Morgan fingerprint density at radius 2 is 2.00 bits per heavy atom. The monoisotopic (exact) mass is 393 g/mol. The average Bonchev–Trinajstić information content (AvgIpc) is 2.65. The van der Waals surface area contributed by atoms with Crippen LogP contribution in [0.25, 0.3) is 0 Å². The number of carbonyl (C=O) groups excluding carboxylic acids is 1. The number of aromatic nitrogens is 2. The zero-order valence-electron chi connectivity index (χ0n) is 15.2. The lowest BCUT2D eigenvalue weighted by molar-refractivity contribution is 0.105. The van der Waals surface area contributed by atoms with E-state index in [9.17, 15) is 9.18 Å². The Labute approximate surface area is 162 Å². The number of nitrogens with one attached hydrogen (secondary N) is 1. The van der Waals surface area contributed by atoms with E-state index >= 15 is 0 Å². The van der Waals surface area contributed by atoms with Crippen molar-refractivity contribution in [3.8, 4) is 0 Å². The molecule has 1 aliphatic rings. The maximum absolute atomic E-state index is 13.3. The van der Waals surface area contributed by atoms with Crippen molar-refractivity contribution in [2.24, 2.45) is 0 Å². The summed E-state index contributed by atoms with van der Waals surface area (Å²) >= 11 is 5.83. The Morgan fingerprint density at radius 3 is 2.67 bits per heavy atom. The van der Waals surface area contributed by atoms with Crippen molar-refractivity contribution in [2.45, 2.75) is 13.8 Å². The zero-order valence-corrected chi connectivity index (χ0v) is 16.0.